The third-order valence-electron chi connectivity index (χ3n) is 6.52. The van der Waals surface area contributed by atoms with Crippen LogP contribution >= 0.6 is 0 Å². The predicted octanol–water partition coefficient (Wildman–Crippen LogP) is 5.48. The van der Waals surface area contributed by atoms with Crippen molar-refractivity contribution in [2.75, 3.05) is 5.32 Å². The molecule has 0 aliphatic heterocycles. The summed E-state index contributed by atoms with van der Waals surface area (Å²) in [5, 5.41) is 14.1. The van der Waals surface area contributed by atoms with Gasteiger partial charge < -0.3 is 10.5 Å². The van der Waals surface area contributed by atoms with E-state index in [1.807, 2.05) is 54.6 Å². The minimum absolute atomic E-state index is 0.0576. The number of amides is 1. The number of H-pyrrole nitrogens is 1. The summed E-state index contributed by atoms with van der Waals surface area (Å²) in [6, 6.07) is 25.4. The van der Waals surface area contributed by atoms with Crippen molar-refractivity contribution < 1.29 is 9.53 Å². The third-order valence-corrected chi connectivity index (χ3v) is 6.52. The summed E-state index contributed by atoms with van der Waals surface area (Å²) in [6.07, 6.45) is 1.51. The van der Waals surface area contributed by atoms with Gasteiger partial charge in [0, 0.05) is 28.3 Å². The molecule has 1 saturated carbocycles. The van der Waals surface area contributed by atoms with E-state index in [9.17, 15) is 4.79 Å². The number of carbonyl (C=O) groups excluding carboxylic acids is 1. The Morgan fingerprint density at radius 2 is 1.88 bits per heavy atom. The maximum atomic E-state index is 12.3. The molecule has 0 radical (unpaired) electrons. The normalized spacial score (nSPS) is 18.9. The molecule has 1 aliphatic carbocycles. The van der Waals surface area contributed by atoms with Gasteiger partial charge in [0.25, 0.3) is 0 Å². The van der Waals surface area contributed by atoms with Crippen molar-refractivity contribution in [2.24, 2.45) is 5.73 Å². The number of anilines is 1. The first-order valence-corrected chi connectivity index (χ1v) is 11.4. The second-order valence-corrected chi connectivity index (χ2v) is 8.77. The Hall–Kier alpha value is -3.97. The molecule has 1 fully saturated rings. The molecule has 1 aromatic heterocycles. The van der Waals surface area contributed by atoms with Gasteiger partial charge in [0.2, 0.25) is 0 Å². The Bertz CT molecular complexity index is 1290. The summed E-state index contributed by atoms with van der Waals surface area (Å²) in [4.78, 5) is 12.3. The van der Waals surface area contributed by atoms with Gasteiger partial charge in [-0.2, -0.15) is 0 Å². The van der Waals surface area contributed by atoms with Gasteiger partial charge >= 0.3 is 6.09 Å². The van der Waals surface area contributed by atoms with Crippen LogP contribution in [0.5, 0.6) is 0 Å². The first-order valence-electron chi connectivity index (χ1n) is 11.4. The quantitative estimate of drug-likeness (QED) is 0.343. The van der Waals surface area contributed by atoms with Crippen LogP contribution in [0.15, 0.2) is 78.9 Å². The summed E-state index contributed by atoms with van der Waals surface area (Å²) in [6.45, 7) is 2.35. The molecule has 4 aromatic rings. The Kier molecular flexibility index (Phi) is 5.86. The van der Waals surface area contributed by atoms with Crippen LogP contribution in [0.3, 0.4) is 0 Å². The molecule has 1 amide bonds. The van der Waals surface area contributed by atoms with Gasteiger partial charge in [-0.3, -0.25) is 10.4 Å². The maximum Gasteiger partial charge on any atom is 0.411 e. The Morgan fingerprint density at radius 1 is 1.09 bits per heavy atom. The highest BCUT2D eigenvalue weighted by molar-refractivity contribution is 5.87. The lowest BCUT2D eigenvalue weighted by Crippen LogP contribution is -2.22. The van der Waals surface area contributed by atoms with Crippen molar-refractivity contribution in [1.29, 1.82) is 0 Å². The van der Waals surface area contributed by atoms with Crippen LogP contribution in [0.1, 0.15) is 36.8 Å². The molecule has 172 valence electrons. The van der Waals surface area contributed by atoms with Crippen molar-refractivity contribution in [3.8, 4) is 22.5 Å². The number of rotatable bonds is 7. The fourth-order valence-electron chi connectivity index (χ4n) is 4.30. The standard InChI is InChI=1S/C27H27N5O2/c1-2-27(28)16-23(27)19-11-13-20(14-12-19)24-25(31-32-30-24)21-9-6-10-22(15-21)29-26(33)34-17-18-7-4-3-5-8-18/h3-15,23H,2,16-17,28H2,1H3,(H,29,33)(H,30,31,32). The fourth-order valence-corrected chi connectivity index (χ4v) is 4.30. The number of aromatic nitrogens is 3. The van der Waals surface area contributed by atoms with Gasteiger partial charge in [-0.15, -0.1) is 5.10 Å². The summed E-state index contributed by atoms with van der Waals surface area (Å²) in [5.74, 6) is 0.426. The molecule has 0 bridgehead atoms. The number of nitrogens with zero attached hydrogens (tertiary/aromatic N) is 2. The van der Waals surface area contributed by atoms with Crippen LogP contribution in [0.4, 0.5) is 10.5 Å². The average Bonchev–Trinajstić information content (AvgIpc) is 3.32. The van der Waals surface area contributed by atoms with Crippen LogP contribution in [-0.2, 0) is 11.3 Å². The number of nitrogens with two attached hydrogens (primary N) is 1. The van der Waals surface area contributed by atoms with E-state index in [2.05, 4.69) is 51.9 Å². The topological polar surface area (TPSA) is 106 Å². The summed E-state index contributed by atoms with van der Waals surface area (Å²) in [5.41, 5.74) is 12.5. The fraction of sp³-hybridized carbons (Fsp3) is 0.222. The Balaban J connectivity index is 1.29. The molecule has 0 spiro atoms. The van der Waals surface area contributed by atoms with Gasteiger partial charge in [0.05, 0.1) is 5.69 Å². The molecule has 1 aliphatic rings. The number of benzene rings is 3. The summed E-state index contributed by atoms with van der Waals surface area (Å²) >= 11 is 0. The van der Waals surface area contributed by atoms with E-state index in [1.165, 1.54) is 5.56 Å². The lowest BCUT2D eigenvalue weighted by Gasteiger charge is -2.10. The molecule has 2 atom stereocenters. The van der Waals surface area contributed by atoms with E-state index >= 15 is 0 Å². The SMILES string of the molecule is CCC1(N)CC1c1ccc(-c2[nH]nnc2-c2cccc(NC(=O)OCc3ccccc3)c2)cc1. The zero-order chi connectivity index (χ0) is 23.5. The molecule has 3 aromatic carbocycles. The highest BCUT2D eigenvalue weighted by atomic mass is 16.5. The Labute approximate surface area is 198 Å². The number of aromatic amines is 1. The van der Waals surface area contributed by atoms with Crippen molar-refractivity contribution in [2.45, 2.75) is 37.8 Å². The number of nitrogens with one attached hydrogen (secondary N) is 2. The van der Waals surface area contributed by atoms with Crippen molar-refractivity contribution in [3.63, 3.8) is 0 Å². The molecular formula is C27H27N5O2. The van der Waals surface area contributed by atoms with E-state index in [1.54, 1.807) is 0 Å². The van der Waals surface area contributed by atoms with Gasteiger partial charge in [0.1, 0.15) is 12.3 Å². The number of ether oxygens (including phenoxy) is 1. The molecule has 34 heavy (non-hydrogen) atoms. The van der Waals surface area contributed by atoms with E-state index in [0.717, 1.165) is 35.2 Å². The molecule has 5 rings (SSSR count). The molecule has 1 heterocycles. The van der Waals surface area contributed by atoms with Crippen LogP contribution in [0, 0.1) is 0 Å². The zero-order valence-corrected chi connectivity index (χ0v) is 19.0. The third kappa shape index (κ3) is 4.56. The second kappa shape index (κ2) is 9.11. The van der Waals surface area contributed by atoms with Crippen LogP contribution < -0.4 is 11.1 Å². The Morgan fingerprint density at radius 3 is 2.62 bits per heavy atom. The first-order chi connectivity index (χ1) is 16.6. The second-order valence-electron chi connectivity index (χ2n) is 8.77. The average molecular weight is 454 g/mol. The molecule has 4 N–H and O–H groups in total. The summed E-state index contributed by atoms with van der Waals surface area (Å²) in [7, 11) is 0. The number of hydrogen-bond donors (Lipinski definition) is 3. The molecular weight excluding hydrogens is 426 g/mol. The molecule has 7 heteroatoms. The zero-order valence-electron chi connectivity index (χ0n) is 19.0. The van der Waals surface area contributed by atoms with Gasteiger partial charge in [0.15, 0.2) is 0 Å². The van der Waals surface area contributed by atoms with Crippen molar-refractivity contribution in [3.05, 3.63) is 90.0 Å². The number of carbonyl (C=O) groups is 1. The van der Waals surface area contributed by atoms with E-state index < -0.39 is 6.09 Å². The smallest absolute Gasteiger partial charge is 0.411 e. The van der Waals surface area contributed by atoms with E-state index in [0.29, 0.717) is 17.3 Å². The lowest BCUT2D eigenvalue weighted by atomic mass is 10.00. The van der Waals surface area contributed by atoms with E-state index in [4.69, 9.17) is 10.5 Å². The largest absolute Gasteiger partial charge is 0.444 e. The van der Waals surface area contributed by atoms with E-state index in [-0.39, 0.29) is 12.1 Å². The molecule has 7 nitrogen and oxygen atoms in total. The molecule has 2 unspecified atom stereocenters. The highest BCUT2D eigenvalue weighted by Crippen LogP contribution is 2.51. The monoisotopic (exact) mass is 453 g/mol. The lowest BCUT2D eigenvalue weighted by molar-refractivity contribution is 0.155. The maximum absolute atomic E-state index is 12.3. The first kappa shape index (κ1) is 21.9. The minimum atomic E-state index is -0.514. The summed E-state index contributed by atoms with van der Waals surface area (Å²) < 4.78 is 5.32. The van der Waals surface area contributed by atoms with Crippen LogP contribution in [0.25, 0.3) is 22.5 Å². The minimum Gasteiger partial charge on any atom is -0.444 e. The highest BCUT2D eigenvalue weighted by Gasteiger charge is 2.49. The van der Waals surface area contributed by atoms with Crippen molar-refractivity contribution in [1.82, 2.24) is 15.4 Å². The van der Waals surface area contributed by atoms with Crippen molar-refractivity contribution >= 4 is 11.8 Å². The van der Waals surface area contributed by atoms with Crippen LogP contribution in [0.2, 0.25) is 0 Å². The number of hydrogen-bond acceptors (Lipinski definition) is 5. The van der Waals surface area contributed by atoms with Gasteiger partial charge in [-0.1, -0.05) is 78.9 Å². The van der Waals surface area contributed by atoms with Gasteiger partial charge in [-0.25, -0.2) is 4.79 Å². The van der Waals surface area contributed by atoms with Gasteiger partial charge in [-0.05, 0) is 36.1 Å². The molecule has 0 saturated heterocycles. The predicted molar refractivity (Wildman–Crippen MR) is 132 cm³/mol. The van der Waals surface area contributed by atoms with Crippen LogP contribution in [-0.4, -0.2) is 27.0 Å².